The predicted octanol–water partition coefficient (Wildman–Crippen LogP) is 0.202. The van der Waals surface area contributed by atoms with Gasteiger partial charge < -0.3 is 9.47 Å². The number of morpholine rings is 1. The molecule has 0 aromatic rings. The first-order valence-corrected chi connectivity index (χ1v) is 6.87. The second kappa shape index (κ2) is 6.50. The summed E-state index contributed by atoms with van der Waals surface area (Å²) in [6, 6.07) is 0. The fraction of sp³-hybridized carbons (Fsp3) is 0.923. The molecule has 0 bridgehead atoms. The van der Waals surface area contributed by atoms with Crippen molar-refractivity contribution < 1.29 is 14.3 Å². The Balaban J connectivity index is 1.75. The van der Waals surface area contributed by atoms with Gasteiger partial charge in [0.1, 0.15) is 0 Å². The molecule has 0 aromatic carbocycles. The largest absolute Gasteiger partial charge is 0.469 e. The van der Waals surface area contributed by atoms with E-state index in [0.717, 1.165) is 52.3 Å². The number of nitrogens with zero attached hydrogens (tertiary/aromatic N) is 2. The highest BCUT2D eigenvalue weighted by Crippen LogP contribution is 2.18. The van der Waals surface area contributed by atoms with E-state index >= 15 is 0 Å². The van der Waals surface area contributed by atoms with E-state index in [2.05, 4.69) is 16.7 Å². The van der Waals surface area contributed by atoms with E-state index in [4.69, 9.17) is 9.47 Å². The molecular formula is C13H24N2O3. The van der Waals surface area contributed by atoms with Crippen molar-refractivity contribution in [3.63, 3.8) is 0 Å². The zero-order chi connectivity index (χ0) is 13.0. The number of hydrogen-bond donors (Lipinski definition) is 0. The highest BCUT2D eigenvalue weighted by molar-refractivity contribution is 5.72. The Labute approximate surface area is 109 Å². The summed E-state index contributed by atoms with van der Waals surface area (Å²) in [4.78, 5) is 16.2. The van der Waals surface area contributed by atoms with E-state index in [1.54, 1.807) is 0 Å². The molecule has 5 nitrogen and oxygen atoms in total. The van der Waals surface area contributed by atoms with Crippen molar-refractivity contribution in [1.29, 1.82) is 0 Å². The molecule has 0 saturated carbocycles. The van der Waals surface area contributed by atoms with Crippen LogP contribution in [0.1, 0.15) is 13.3 Å². The first kappa shape index (κ1) is 13.8. The van der Waals surface area contributed by atoms with Crippen LogP contribution in [-0.4, -0.2) is 74.9 Å². The van der Waals surface area contributed by atoms with E-state index in [9.17, 15) is 4.79 Å². The number of carbonyl (C=O) groups is 1. The number of rotatable bonds is 4. The van der Waals surface area contributed by atoms with E-state index in [0.29, 0.717) is 0 Å². The van der Waals surface area contributed by atoms with Crippen LogP contribution < -0.4 is 0 Å². The molecule has 2 atom stereocenters. The van der Waals surface area contributed by atoms with Crippen molar-refractivity contribution >= 4 is 5.97 Å². The summed E-state index contributed by atoms with van der Waals surface area (Å²) in [5, 5.41) is 0. The number of ether oxygens (including phenoxy) is 2. The molecule has 2 aliphatic heterocycles. The Kier molecular flexibility index (Phi) is 4.97. The Bertz CT molecular complexity index is 285. The molecule has 0 radical (unpaired) electrons. The zero-order valence-electron chi connectivity index (χ0n) is 11.4. The topological polar surface area (TPSA) is 42.0 Å². The van der Waals surface area contributed by atoms with Crippen LogP contribution >= 0.6 is 0 Å². The van der Waals surface area contributed by atoms with Crippen molar-refractivity contribution in [2.75, 3.05) is 53.0 Å². The van der Waals surface area contributed by atoms with Gasteiger partial charge in [0.15, 0.2) is 0 Å². The lowest BCUT2D eigenvalue weighted by Gasteiger charge is -2.34. The molecule has 0 aliphatic carbocycles. The van der Waals surface area contributed by atoms with E-state index in [1.165, 1.54) is 7.11 Å². The molecule has 0 aromatic heterocycles. The SMILES string of the molecule is CCN1CCOC(CN2CCC(C(=O)OC)C2)C1. The van der Waals surface area contributed by atoms with Crippen molar-refractivity contribution in [2.24, 2.45) is 5.92 Å². The van der Waals surface area contributed by atoms with Crippen molar-refractivity contribution in [3.8, 4) is 0 Å². The van der Waals surface area contributed by atoms with Gasteiger partial charge in [-0.15, -0.1) is 0 Å². The molecule has 0 amide bonds. The van der Waals surface area contributed by atoms with Gasteiger partial charge in [-0.3, -0.25) is 14.6 Å². The van der Waals surface area contributed by atoms with Crippen LogP contribution in [0.5, 0.6) is 0 Å². The lowest BCUT2D eigenvalue weighted by Crippen LogP contribution is -2.47. The maximum atomic E-state index is 11.5. The smallest absolute Gasteiger partial charge is 0.310 e. The second-order valence-electron chi connectivity index (χ2n) is 5.15. The standard InChI is InChI=1S/C13H24N2O3/c1-3-14-6-7-18-12(9-14)10-15-5-4-11(8-15)13(16)17-2/h11-12H,3-10H2,1-2H3. The Hall–Kier alpha value is -0.650. The summed E-state index contributed by atoms with van der Waals surface area (Å²) in [5.74, 6) is -0.0156. The van der Waals surface area contributed by atoms with Crippen LogP contribution in [0.4, 0.5) is 0 Å². The molecule has 104 valence electrons. The molecule has 0 spiro atoms. The lowest BCUT2D eigenvalue weighted by atomic mass is 10.1. The summed E-state index contributed by atoms with van der Waals surface area (Å²) in [7, 11) is 1.47. The van der Waals surface area contributed by atoms with Gasteiger partial charge in [-0.05, 0) is 19.5 Å². The Morgan fingerprint density at radius 3 is 2.89 bits per heavy atom. The summed E-state index contributed by atoms with van der Waals surface area (Å²) in [5.41, 5.74) is 0. The van der Waals surface area contributed by atoms with Crippen LogP contribution in [-0.2, 0) is 14.3 Å². The molecule has 2 heterocycles. The van der Waals surface area contributed by atoms with Crippen LogP contribution in [0, 0.1) is 5.92 Å². The van der Waals surface area contributed by atoms with Gasteiger partial charge in [0.05, 0.1) is 25.7 Å². The van der Waals surface area contributed by atoms with E-state index in [-0.39, 0.29) is 18.0 Å². The Morgan fingerprint density at radius 1 is 1.33 bits per heavy atom. The van der Waals surface area contributed by atoms with Crippen LogP contribution in [0.15, 0.2) is 0 Å². The predicted molar refractivity (Wildman–Crippen MR) is 68.4 cm³/mol. The molecule has 2 unspecified atom stereocenters. The summed E-state index contributed by atoms with van der Waals surface area (Å²) >= 11 is 0. The second-order valence-corrected chi connectivity index (χ2v) is 5.15. The van der Waals surface area contributed by atoms with Gasteiger partial charge in [0.25, 0.3) is 0 Å². The molecular weight excluding hydrogens is 232 g/mol. The highest BCUT2D eigenvalue weighted by atomic mass is 16.5. The average Bonchev–Trinajstić information content (AvgIpc) is 2.86. The number of carbonyl (C=O) groups excluding carboxylic acids is 1. The maximum Gasteiger partial charge on any atom is 0.310 e. The summed E-state index contributed by atoms with van der Waals surface area (Å²) in [6.07, 6.45) is 1.20. The van der Waals surface area contributed by atoms with Gasteiger partial charge >= 0.3 is 5.97 Å². The zero-order valence-corrected chi connectivity index (χ0v) is 11.4. The van der Waals surface area contributed by atoms with Gasteiger partial charge in [-0.2, -0.15) is 0 Å². The van der Waals surface area contributed by atoms with Gasteiger partial charge in [0.2, 0.25) is 0 Å². The molecule has 2 rings (SSSR count). The first-order chi connectivity index (χ1) is 8.72. The van der Waals surface area contributed by atoms with Crippen LogP contribution in [0.25, 0.3) is 0 Å². The van der Waals surface area contributed by atoms with Gasteiger partial charge in [0, 0.05) is 26.2 Å². The molecule has 2 saturated heterocycles. The minimum Gasteiger partial charge on any atom is -0.469 e. The van der Waals surface area contributed by atoms with Crippen molar-refractivity contribution in [3.05, 3.63) is 0 Å². The highest BCUT2D eigenvalue weighted by Gasteiger charge is 2.31. The number of likely N-dealkylation sites (tertiary alicyclic amines) is 1. The third-order valence-electron chi connectivity index (χ3n) is 3.94. The third-order valence-corrected chi connectivity index (χ3v) is 3.94. The number of likely N-dealkylation sites (N-methyl/N-ethyl adjacent to an activating group) is 1. The third kappa shape index (κ3) is 3.43. The maximum absolute atomic E-state index is 11.5. The van der Waals surface area contributed by atoms with Gasteiger partial charge in [-0.1, -0.05) is 6.92 Å². The van der Waals surface area contributed by atoms with Crippen molar-refractivity contribution in [2.45, 2.75) is 19.4 Å². The summed E-state index contributed by atoms with van der Waals surface area (Å²) < 4.78 is 10.6. The quantitative estimate of drug-likeness (QED) is 0.672. The fourth-order valence-corrected chi connectivity index (χ4v) is 2.82. The molecule has 5 heteroatoms. The monoisotopic (exact) mass is 256 g/mol. The number of methoxy groups -OCH3 is 1. The van der Waals surface area contributed by atoms with Gasteiger partial charge in [-0.25, -0.2) is 0 Å². The van der Waals surface area contributed by atoms with Crippen LogP contribution in [0.3, 0.4) is 0 Å². The normalized spacial score (nSPS) is 30.6. The average molecular weight is 256 g/mol. The first-order valence-electron chi connectivity index (χ1n) is 6.87. The van der Waals surface area contributed by atoms with Crippen LogP contribution in [0.2, 0.25) is 0 Å². The molecule has 2 aliphatic rings. The van der Waals surface area contributed by atoms with E-state index in [1.807, 2.05) is 0 Å². The minimum absolute atomic E-state index is 0.0564. The molecule has 18 heavy (non-hydrogen) atoms. The summed E-state index contributed by atoms with van der Waals surface area (Å²) in [6.45, 7) is 8.88. The Morgan fingerprint density at radius 2 is 2.17 bits per heavy atom. The minimum atomic E-state index is -0.0720. The van der Waals surface area contributed by atoms with E-state index < -0.39 is 0 Å². The van der Waals surface area contributed by atoms with Crippen molar-refractivity contribution in [1.82, 2.24) is 9.80 Å². The molecule has 0 N–H and O–H groups in total. The lowest BCUT2D eigenvalue weighted by molar-refractivity contribution is -0.145. The molecule has 2 fully saturated rings. The number of esters is 1. The fourth-order valence-electron chi connectivity index (χ4n) is 2.82. The number of hydrogen-bond acceptors (Lipinski definition) is 5.